The fourth-order valence-electron chi connectivity index (χ4n) is 1.60. The van der Waals surface area contributed by atoms with Gasteiger partial charge in [0.1, 0.15) is 17.0 Å². The van der Waals surface area contributed by atoms with Crippen LogP contribution < -0.4 is 0 Å². The molecule has 0 amide bonds. The molecule has 1 N–H and O–H groups in total. The number of hydrogen-bond acceptors (Lipinski definition) is 3. The number of benzene rings is 1. The summed E-state index contributed by atoms with van der Waals surface area (Å²) in [6.45, 7) is 1.84. The Bertz CT molecular complexity index is 656. The molecule has 0 saturated carbocycles. The number of rotatable bonds is 1. The van der Waals surface area contributed by atoms with E-state index in [1.54, 1.807) is 0 Å². The van der Waals surface area contributed by atoms with Crippen molar-refractivity contribution in [1.29, 1.82) is 0 Å². The lowest BCUT2D eigenvalue weighted by Gasteiger charge is -1.88. The van der Waals surface area contributed by atoms with E-state index in [4.69, 9.17) is 16.1 Å². The lowest BCUT2D eigenvalue weighted by Crippen LogP contribution is -1.78. The third kappa shape index (κ3) is 1.39. The van der Waals surface area contributed by atoms with E-state index < -0.39 is 0 Å². The average molecular weight is 234 g/mol. The van der Waals surface area contributed by atoms with Gasteiger partial charge in [0.05, 0.1) is 10.5 Å². The molecule has 2 aromatic heterocycles. The Kier molecular flexibility index (Phi) is 1.97. The molecule has 80 valence electrons. The van der Waals surface area contributed by atoms with Crippen molar-refractivity contribution >= 4 is 22.6 Å². The van der Waals surface area contributed by atoms with Gasteiger partial charge in [0.25, 0.3) is 0 Å². The van der Waals surface area contributed by atoms with E-state index in [0.29, 0.717) is 16.5 Å². The fourth-order valence-corrected chi connectivity index (χ4v) is 1.81. The summed E-state index contributed by atoms with van der Waals surface area (Å²) in [7, 11) is 0. The minimum atomic E-state index is 0.625. The van der Waals surface area contributed by atoms with Crippen molar-refractivity contribution in [1.82, 2.24) is 15.1 Å². The predicted octanol–water partition coefficient (Wildman–Crippen LogP) is 3.18. The van der Waals surface area contributed by atoms with Crippen LogP contribution in [0.2, 0.25) is 5.02 Å². The molecule has 0 fully saturated rings. The van der Waals surface area contributed by atoms with Gasteiger partial charge in [-0.15, -0.1) is 0 Å². The van der Waals surface area contributed by atoms with Crippen molar-refractivity contribution in [2.24, 2.45) is 0 Å². The quantitative estimate of drug-likeness (QED) is 0.702. The Morgan fingerprint density at radius 3 is 2.94 bits per heavy atom. The molecule has 16 heavy (non-hydrogen) atoms. The molecule has 1 aromatic carbocycles. The zero-order valence-electron chi connectivity index (χ0n) is 8.49. The van der Waals surface area contributed by atoms with Crippen LogP contribution in [0, 0.1) is 6.92 Å². The Morgan fingerprint density at radius 2 is 2.25 bits per heavy atom. The molecule has 0 radical (unpaired) electrons. The summed E-state index contributed by atoms with van der Waals surface area (Å²) >= 11 is 6.04. The van der Waals surface area contributed by atoms with Gasteiger partial charge in [-0.05, 0) is 19.1 Å². The highest BCUT2D eigenvalue weighted by Gasteiger charge is 2.10. The minimum Gasteiger partial charge on any atom is -0.361 e. The van der Waals surface area contributed by atoms with Gasteiger partial charge in [-0.25, -0.2) is 4.98 Å². The third-order valence-electron chi connectivity index (χ3n) is 2.33. The summed E-state index contributed by atoms with van der Waals surface area (Å²) < 4.78 is 5.00. The van der Waals surface area contributed by atoms with Gasteiger partial charge >= 0.3 is 0 Å². The number of aryl methyl sites for hydroxylation is 1. The van der Waals surface area contributed by atoms with E-state index in [0.717, 1.165) is 16.8 Å². The molecule has 0 saturated heterocycles. The van der Waals surface area contributed by atoms with E-state index in [1.165, 1.54) is 0 Å². The van der Waals surface area contributed by atoms with Gasteiger partial charge in [0, 0.05) is 6.07 Å². The highest BCUT2D eigenvalue weighted by molar-refractivity contribution is 6.34. The SMILES string of the molecule is Cc1cc(-c2nc3c(Cl)cccc3[nH]2)no1. The van der Waals surface area contributed by atoms with Crippen LogP contribution in [0.25, 0.3) is 22.6 Å². The third-order valence-corrected chi connectivity index (χ3v) is 2.64. The molecule has 0 unspecified atom stereocenters. The number of aromatic amines is 1. The van der Waals surface area contributed by atoms with Crippen molar-refractivity contribution in [3.05, 3.63) is 35.0 Å². The standard InChI is InChI=1S/C11H8ClN3O/c1-6-5-9(15-16-6)11-13-8-4-2-3-7(12)10(8)14-11/h2-5H,1H3,(H,13,14). The Labute approximate surface area is 96.2 Å². The van der Waals surface area contributed by atoms with Gasteiger partial charge < -0.3 is 9.51 Å². The monoisotopic (exact) mass is 233 g/mol. The normalized spacial score (nSPS) is 11.1. The maximum atomic E-state index is 6.04. The molecular weight excluding hydrogens is 226 g/mol. The van der Waals surface area contributed by atoms with Crippen molar-refractivity contribution in [2.45, 2.75) is 6.92 Å². The van der Waals surface area contributed by atoms with Gasteiger partial charge in [-0.1, -0.05) is 22.8 Å². The summed E-state index contributed by atoms with van der Waals surface area (Å²) in [5.74, 6) is 1.42. The second-order valence-electron chi connectivity index (χ2n) is 3.54. The van der Waals surface area contributed by atoms with Crippen LogP contribution in [0.1, 0.15) is 5.76 Å². The maximum Gasteiger partial charge on any atom is 0.160 e. The highest BCUT2D eigenvalue weighted by atomic mass is 35.5. The van der Waals surface area contributed by atoms with E-state index in [-0.39, 0.29) is 0 Å². The summed E-state index contributed by atoms with van der Waals surface area (Å²) in [5, 5.41) is 4.52. The molecule has 3 rings (SSSR count). The van der Waals surface area contributed by atoms with Crippen LogP contribution >= 0.6 is 11.6 Å². The molecular formula is C11H8ClN3O. The minimum absolute atomic E-state index is 0.625. The zero-order valence-corrected chi connectivity index (χ0v) is 9.25. The van der Waals surface area contributed by atoms with E-state index in [1.807, 2.05) is 31.2 Å². The number of aromatic nitrogens is 3. The van der Waals surface area contributed by atoms with Crippen LogP contribution in [0.3, 0.4) is 0 Å². The second-order valence-corrected chi connectivity index (χ2v) is 3.95. The second kappa shape index (κ2) is 3.35. The van der Waals surface area contributed by atoms with E-state index in [2.05, 4.69) is 15.1 Å². The molecule has 4 nitrogen and oxygen atoms in total. The van der Waals surface area contributed by atoms with Crippen LogP contribution in [0.5, 0.6) is 0 Å². The summed E-state index contributed by atoms with van der Waals surface area (Å²) in [5.41, 5.74) is 2.33. The molecule has 0 aliphatic heterocycles. The van der Waals surface area contributed by atoms with Gasteiger partial charge in [-0.2, -0.15) is 0 Å². The molecule has 0 aliphatic rings. The number of halogens is 1. The van der Waals surface area contributed by atoms with Crippen LogP contribution in [0.15, 0.2) is 28.8 Å². The molecule has 0 spiro atoms. The number of nitrogens with one attached hydrogen (secondary N) is 1. The molecule has 0 atom stereocenters. The lowest BCUT2D eigenvalue weighted by molar-refractivity contribution is 0.399. The van der Waals surface area contributed by atoms with Crippen molar-refractivity contribution in [2.75, 3.05) is 0 Å². The van der Waals surface area contributed by atoms with Crippen molar-refractivity contribution in [3.63, 3.8) is 0 Å². The first-order valence-corrected chi connectivity index (χ1v) is 5.20. The topological polar surface area (TPSA) is 54.7 Å². The van der Waals surface area contributed by atoms with Crippen molar-refractivity contribution in [3.8, 4) is 11.5 Å². The number of hydrogen-bond donors (Lipinski definition) is 1. The first-order chi connectivity index (χ1) is 7.74. The fraction of sp³-hybridized carbons (Fsp3) is 0.0909. The number of para-hydroxylation sites is 1. The molecule has 0 aliphatic carbocycles. The first-order valence-electron chi connectivity index (χ1n) is 4.82. The Hall–Kier alpha value is -1.81. The van der Waals surface area contributed by atoms with Gasteiger partial charge in [0.15, 0.2) is 5.82 Å². The average Bonchev–Trinajstić information content (AvgIpc) is 2.84. The predicted molar refractivity (Wildman–Crippen MR) is 61.3 cm³/mol. The molecule has 3 aromatic rings. The van der Waals surface area contributed by atoms with Crippen LogP contribution in [-0.2, 0) is 0 Å². The van der Waals surface area contributed by atoms with Gasteiger partial charge in [-0.3, -0.25) is 0 Å². The summed E-state index contributed by atoms with van der Waals surface area (Å²) in [6, 6.07) is 7.43. The van der Waals surface area contributed by atoms with Crippen LogP contribution in [0.4, 0.5) is 0 Å². The maximum absolute atomic E-state index is 6.04. The smallest absolute Gasteiger partial charge is 0.160 e. The summed E-state index contributed by atoms with van der Waals surface area (Å²) in [6.07, 6.45) is 0. The first kappa shape index (κ1) is 9.42. The zero-order chi connectivity index (χ0) is 11.1. The number of H-pyrrole nitrogens is 1. The number of nitrogens with zero attached hydrogens (tertiary/aromatic N) is 2. The number of fused-ring (bicyclic) bond motifs is 1. The largest absolute Gasteiger partial charge is 0.361 e. The Morgan fingerprint density at radius 1 is 1.38 bits per heavy atom. The number of imidazole rings is 1. The van der Waals surface area contributed by atoms with E-state index in [9.17, 15) is 0 Å². The Balaban J connectivity index is 2.22. The molecule has 2 heterocycles. The van der Waals surface area contributed by atoms with Crippen LogP contribution in [-0.4, -0.2) is 15.1 Å². The highest BCUT2D eigenvalue weighted by Crippen LogP contribution is 2.25. The molecule has 5 heteroatoms. The van der Waals surface area contributed by atoms with Gasteiger partial charge in [0.2, 0.25) is 0 Å². The summed E-state index contributed by atoms with van der Waals surface area (Å²) in [4.78, 5) is 7.53. The molecule has 0 bridgehead atoms. The van der Waals surface area contributed by atoms with Crippen molar-refractivity contribution < 1.29 is 4.52 Å². The van der Waals surface area contributed by atoms with E-state index >= 15 is 0 Å². The lowest BCUT2D eigenvalue weighted by atomic mass is 10.3.